The van der Waals surface area contributed by atoms with Crippen molar-refractivity contribution in [1.82, 2.24) is 0 Å². The van der Waals surface area contributed by atoms with Gasteiger partial charge in [0.2, 0.25) is 0 Å². The van der Waals surface area contributed by atoms with Crippen molar-refractivity contribution in [1.29, 1.82) is 0 Å². The lowest BCUT2D eigenvalue weighted by molar-refractivity contribution is -0.160. The molecule has 8 heteroatoms. The first-order valence-corrected chi connectivity index (χ1v) is 10.2. The smallest absolute Gasteiger partial charge is 0.416 e. The first-order chi connectivity index (χ1) is 15.7. The molecule has 2 atom stereocenters. The van der Waals surface area contributed by atoms with Crippen molar-refractivity contribution in [3.63, 3.8) is 0 Å². The molecule has 33 heavy (non-hydrogen) atoms. The third kappa shape index (κ3) is 4.34. The Kier molecular flexibility index (Phi) is 5.95. The van der Waals surface area contributed by atoms with Gasteiger partial charge in [0.05, 0.1) is 11.6 Å². The molecule has 1 unspecified atom stereocenters. The summed E-state index contributed by atoms with van der Waals surface area (Å²) in [7, 11) is 0. The Morgan fingerprint density at radius 1 is 0.909 bits per heavy atom. The summed E-state index contributed by atoms with van der Waals surface area (Å²) < 4.78 is 43.8. The molecule has 170 valence electrons. The van der Waals surface area contributed by atoms with Crippen LogP contribution in [-0.4, -0.2) is 23.7 Å². The van der Waals surface area contributed by atoms with Gasteiger partial charge >= 0.3 is 18.1 Å². The normalized spacial score (nSPS) is 14.8. The van der Waals surface area contributed by atoms with Crippen molar-refractivity contribution in [3.8, 4) is 11.1 Å². The number of rotatable bonds is 6. The minimum absolute atomic E-state index is 0.0869. The van der Waals surface area contributed by atoms with Crippen LogP contribution in [0.25, 0.3) is 11.1 Å². The molecule has 1 aliphatic rings. The lowest BCUT2D eigenvalue weighted by Gasteiger charge is -2.21. The van der Waals surface area contributed by atoms with Gasteiger partial charge in [-0.1, -0.05) is 60.7 Å². The SMILES string of the molecule is NC(c1ccc(C(F)(F)F)cc1)[C@H](C(=O)O)C(=O)OCC1c2ccccc2-c2ccccc21. The summed E-state index contributed by atoms with van der Waals surface area (Å²) in [4.78, 5) is 24.6. The number of carboxylic acids is 1. The summed E-state index contributed by atoms with van der Waals surface area (Å²) in [5.41, 5.74) is 9.13. The lowest BCUT2D eigenvalue weighted by Crippen LogP contribution is -2.36. The van der Waals surface area contributed by atoms with Crippen LogP contribution in [0.5, 0.6) is 0 Å². The Balaban J connectivity index is 1.52. The standard InChI is InChI=1S/C25H20F3NO4/c26-25(27,28)15-11-9-14(10-12-15)22(29)21(23(30)31)24(32)33-13-20-18-7-3-1-5-16(18)17-6-2-4-8-19(17)20/h1-12,20-22H,13,29H2,(H,30,31)/t21-,22?/m1/s1. The monoisotopic (exact) mass is 455 g/mol. The molecular weight excluding hydrogens is 435 g/mol. The number of carbonyl (C=O) groups is 2. The number of hydrogen-bond donors (Lipinski definition) is 2. The molecule has 3 aromatic rings. The van der Waals surface area contributed by atoms with E-state index < -0.39 is 35.6 Å². The zero-order chi connectivity index (χ0) is 23.8. The van der Waals surface area contributed by atoms with Crippen LogP contribution in [0.1, 0.15) is 34.2 Å². The van der Waals surface area contributed by atoms with Gasteiger partial charge in [-0.15, -0.1) is 0 Å². The first kappa shape index (κ1) is 22.5. The van der Waals surface area contributed by atoms with Crippen molar-refractivity contribution < 1.29 is 32.6 Å². The minimum atomic E-state index is -4.54. The van der Waals surface area contributed by atoms with E-state index in [0.29, 0.717) is 0 Å². The van der Waals surface area contributed by atoms with Gasteiger partial charge in [0, 0.05) is 5.92 Å². The third-order valence-corrected chi connectivity index (χ3v) is 5.86. The van der Waals surface area contributed by atoms with Gasteiger partial charge < -0.3 is 15.6 Å². The Bertz CT molecular complexity index is 1150. The number of carbonyl (C=O) groups excluding carboxylic acids is 1. The van der Waals surface area contributed by atoms with E-state index in [9.17, 15) is 27.9 Å². The van der Waals surface area contributed by atoms with Crippen LogP contribution in [0.3, 0.4) is 0 Å². The molecule has 0 aliphatic heterocycles. The molecule has 0 aromatic heterocycles. The van der Waals surface area contributed by atoms with Gasteiger partial charge in [-0.25, -0.2) is 0 Å². The quantitative estimate of drug-likeness (QED) is 0.413. The molecule has 0 radical (unpaired) electrons. The number of halogens is 3. The van der Waals surface area contributed by atoms with Crippen LogP contribution < -0.4 is 5.73 Å². The van der Waals surface area contributed by atoms with E-state index in [1.165, 1.54) is 0 Å². The molecule has 0 bridgehead atoms. The highest BCUT2D eigenvalue weighted by Crippen LogP contribution is 2.44. The summed E-state index contributed by atoms with van der Waals surface area (Å²) in [6.45, 7) is -0.0869. The van der Waals surface area contributed by atoms with Crippen LogP contribution in [0.2, 0.25) is 0 Å². The summed E-state index contributed by atoms with van der Waals surface area (Å²) in [5.74, 6) is -4.59. The van der Waals surface area contributed by atoms with Crippen LogP contribution >= 0.6 is 0 Å². The number of fused-ring (bicyclic) bond motifs is 3. The van der Waals surface area contributed by atoms with Crippen molar-refractivity contribution in [3.05, 3.63) is 95.1 Å². The molecule has 0 saturated heterocycles. The average molecular weight is 455 g/mol. The van der Waals surface area contributed by atoms with Crippen LogP contribution in [0.15, 0.2) is 72.8 Å². The van der Waals surface area contributed by atoms with Gasteiger partial charge in [-0.05, 0) is 39.9 Å². The number of carboxylic acid groups (broad SMARTS) is 1. The molecule has 3 N–H and O–H groups in total. The first-order valence-electron chi connectivity index (χ1n) is 10.2. The molecule has 0 amide bonds. The summed E-state index contributed by atoms with van der Waals surface area (Å²) >= 11 is 0. The highest BCUT2D eigenvalue weighted by Gasteiger charge is 2.37. The van der Waals surface area contributed by atoms with E-state index in [1.807, 2.05) is 48.5 Å². The van der Waals surface area contributed by atoms with Gasteiger partial charge in [-0.2, -0.15) is 13.2 Å². The molecule has 3 aromatic carbocycles. The van der Waals surface area contributed by atoms with E-state index in [1.54, 1.807) is 0 Å². The number of nitrogens with two attached hydrogens (primary N) is 1. The fourth-order valence-electron chi connectivity index (χ4n) is 4.18. The molecule has 5 nitrogen and oxygen atoms in total. The molecule has 0 fully saturated rings. The minimum Gasteiger partial charge on any atom is -0.481 e. The molecule has 0 heterocycles. The topological polar surface area (TPSA) is 89.6 Å². The van der Waals surface area contributed by atoms with Gasteiger partial charge in [0.25, 0.3) is 0 Å². The van der Waals surface area contributed by atoms with Crippen LogP contribution in [-0.2, 0) is 20.5 Å². The van der Waals surface area contributed by atoms with Crippen molar-refractivity contribution >= 4 is 11.9 Å². The van der Waals surface area contributed by atoms with Crippen molar-refractivity contribution in [2.75, 3.05) is 6.61 Å². The lowest BCUT2D eigenvalue weighted by atomic mass is 9.93. The largest absolute Gasteiger partial charge is 0.481 e. The zero-order valence-corrected chi connectivity index (χ0v) is 17.3. The van der Waals surface area contributed by atoms with Gasteiger partial charge in [0.1, 0.15) is 6.61 Å². The number of aliphatic carboxylic acids is 1. The Morgan fingerprint density at radius 3 is 1.91 bits per heavy atom. The molecule has 4 rings (SSSR count). The van der Waals surface area contributed by atoms with E-state index >= 15 is 0 Å². The summed E-state index contributed by atoms with van der Waals surface area (Å²) in [5, 5.41) is 9.61. The molecular formula is C25H20F3NO4. The number of alkyl halides is 3. The Morgan fingerprint density at radius 2 is 1.42 bits per heavy atom. The predicted molar refractivity (Wildman–Crippen MR) is 114 cm³/mol. The van der Waals surface area contributed by atoms with Crippen molar-refractivity contribution in [2.24, 2.45) is 11.7 Å². The summed E-state index contributed by atoms with van der Waals surface area (Å²) in [6, 6.07) is 17.7. The fourth-order valence-corrected chi connectivity index (χ4v) is 4.18. The second kappa shape index (κ2) is 8.71. The maximum atomic E-state index is 12.8. The number of benzene rings is 3. The molecule has 1 aliphatic carbocycles. The van der Waals surface area contributed by atoms with Crippen LogP contribution in [0.4, 0.5) is 13.2 Å². The predicted octanol–water partition coefficient (Wildman–Crippen LogP) is 4.76. The highest BCUT2D eigenvalue weighted by atomic mass is 19.4. The number of ether oxygens (including phenoxy) is 1. The van der Waals surface area contributed by atoms with E-state index in [4.69, 9.17) is 10.5 Å². The number of esters is 1. The average Bonchev–Trinajstić information content (AvgIpc) is 3.11. The van der Waals surface area contributed by atoms with Gasteiger partial charge in [-0.3, -0.25) is 9.59 Å². The fraction of sp³-hybridized carbons (Fsp3) is 0.200. The summed E-state index contributed by atoms with van der Waals surface area (Å²) in [6.07, 6.45) is -4.54. The maximum absolute atomic E-state index is 12.8. The van der Waals surface area contributed by atoms with Gasteiger partial charge in [0.15, 0.2) is 5.92 Å². The van der Waals surface area contributed by atoms with E-state index in [2.05, 4.69) is 0 Å². The second-order valence-corrected chi connectivity index (χ2v) is 7.82. The Labute approximate surface area is 187 Å². The molecule has 0 saturated carbocycles. The second-order valence-electron chi connectivity index (χ2n) is 7.82. The van der Waals surface area contributed by atoms with Crippen LogP contribution in [0, 0.1) is 5.92 Å². The van der Waals surface area contributed by atoms with E-state index in [-0.39, 0.29) is 18.1 Å². The van der Waals surface area contributed by atoms with Crippen molar-refractivity contribution in [2.45, 2.75) is 18.1 Å². The molecule has 0 spiro atoms. The third-order valence-electron chi connectivity index (χ3n) is 5.86. The Hall–Kier alpha value is -3.65. The zero-order valence-electron chi connectivity index (χ0n) is 17.3. The number of hydrogen-bond acceptors (Lipinski definition) is 4. The maximum Gasteiger partial charge on any atom is 0.416 e. The van der Waals surface area contributed by atoms with E-state index in [0.717, 1.165) is 46.5 Å². The highest BCUT2D eigenvalue weighted by molar-refractivity contribution is 5.95.